The van der Waals surface area contributed by atoms with E-state index in [-0.39, 0.29) is 12.1 Å². The number of nitrogens with zero attached hydrogens (tertiary/aromatic N) is 1. The molecule has 0 bridgehead atoms. The number of benzene rings is 1. The van der Waals surface area contributed by atoms with Crippen molar-refractivity contribution in [2.45, 2.75) is 26.0 Å². The highest BCUT2D eigenvalue weighted by atomic mass is 16.5. The molecule has 4 heteroatoms. The van der Waals surface area contributed by atoms with Gasteiger partial charge >= 0.3 is 0 Å². The third-order valence-corrected chi connectivity index (χ3v) is 3.23. The summed E-state index contributed by atoms with van der Waals surface area (Å²) in [5.41, 5.74) is 8.37. The van der Waals surface area contributed by atoms with E-state index in [0.29, 0.717) is 13.2 Å². The maximum absolute atomic E-state index is 6.40. The molecule has 0 radical (unpaired) electrons. The lowest BCUT2D eigenvalue weighted by molar-refractivity contribution is 0.0428. The van der Waals surface area contributed by atoms with Crippen LogP contribution in [0.2, 0.25) is 0 Å². The number of ether oxygens (including phenoxy) is 2. The summed E-state index contributed by atoms with van der Waals surface area (Å²) in [6, 6.07) is 11.7. The van der Waals surface area contributed by atoms with Crippen LogP contribution in [0.3, 0.4) is 0 Å². The molecule has 0 amide bonds. The Labute approximate surface area is 125 Å². The molecule has 1 heterocycles. The molecule has 0 aliphatic heterocycles. The van der Waals surface area contributed by atoms with Crippen molar-refractivity contribution >= 4 is 0 Å². The third kappa shape index (κ3) is 4.03. The first-order valence-electron chi connectivity index (χ1n) is 7.26. The van der Waals surface area contributed by atoms with Crippen molar-refractivity contribution in [2.75, 3.05) is 13.2 Å². The minimum Gasteiger partial charge on any atom is -0.492 e. The SMILES string of the molecule is CCOc1cncc(C(N)C(OCC)c2ccccc2)c1. The maximum Gasteiger partial charge on any atom is 0.137 e. The van der Waals surface area contributed by atoms with E-state index in [9.17, 15) is 0 Å². The number of nitrogens with two attached hydrogens (primary N) is 1. The second-order valence-electron chi connectivity index (χ2n) is 4.70. The summed E-state index contributed by atoms with van der Waals surface area (Å²) in [6.45, 7) is 5.12. The second-order valence-corrected chi connectivity index (χ2v) is 4.70. The van der Waals surface area contributed by atoms with Crippen LogP contribution in [0.4, 0.5) is 0 Å². The molecule has 2 unspecified atom stereocenters. The van der Waals surface area contributed by atoms with Crippen molar-refractivity contribution in [2.24, 2.45) is 5.73 Å². The molecular formula is C17H22N2O2. The predicted octanol–water partition coefficient (Wildman–Crippen LogP) is 3.26. The standard InChI is InChI=1S/C17H22N2O2/c1-3-20-15-10-14(11-19-12-15)16(18)17(21-4-2)13-8-6-5-7-9-13/h5-12,16-17H,3-4,18H2,1-2H3. The fraction of sp³-hybridized carbons (Fsp3) is 0.353. The van der Waals surface area contributed by atoms with Crippen LogP contribution in [0.25, 0.3) is 0 Å². The Morgan fingerprint density at radius 2 is 1.81 bits per heavy atom. The Morgan fingerprint density at radius 3 is 2.48 bits per heavy atom. The highest BCUT2D eigenvalue weighted by Crippen LogP contribution is 2.31. The molecule has 2 N–H and O–H groups in total. The zero-order valence-corrected chi connectivity index (χ0v) is 12.5. The first-order valence-corrected chi connectivity index (χ1v) is 7.26. The molecule has 0 saturated carbocycles. The van der Waals surface area contributed by atoms with E-state index in [2.05, 4.69) is 4.98 Å². The number of hydrogen-bond acceptors (Lipinski definition) is 4. The van der Waals surface area contributed by atoms with Gasteiger partial charge < -0.3 is 15.2 Å². The topological polar surface area (TPSA) is 57.4 Å². The first kappa shape index (κ1) is 15.5. The molecule has 21 heavy (non-hydrogen) atoms. The van der Waals surface area contributed by atoms with E-state index in [1.54, 1.807) is 12.4 Å². The first-order chi connectivity index (χ1) is 10.3. The van der Waals surface area contributed by atoms with Crippen molar-refractivity contribution < 1.29 is 9.47 Å². The van der Waals surface area contributed by atoms with E-state index in [1.807, 2.05) is 50.2 Å². The van der Waals surface area contributed by atoms with Gasteiger partial charge in [-0.05, 0) is 31.0 Å². The van der Waals surface area contributed by atoms with E-state index in [1.165, 1.54) is 0 Å². The number of hydrogen-bond donors (Lipinski definition) is 1. The molecule has 2 rings (SSSR count). The molecule has 1 aromatic heterocycles. The largest absolute Gasteiger partial charge is 0.492 e. The fourth-order valence-corrected chi connectivity index (χ4v) is 2.27. The smallest absolute Gasteiger partial charge is 0.137 e. The Hall–Kier alpha value is -1.91. The molecule has 112 valence electrons. The minimum absolute atomic E-state index is 0.199. The molecule has 4 nitrogen and oxygen atoms in total. The van der Waals surface area contributed by atoms with Gasteiger partial charge in [-0.3, -0.25) is 4.98 Å². The molecule has 1 aromatic carbocycles. The van der Waals surface area contributed by atoms with Gasteiger partial charge in [-0.2, -0.15) is 0 Å². The van der Waals surface area contributed by atoms with Crippen LogP contribution in [0, 0.1) is 0 Å². The van der Waals surface area contributed by atoms with Crippen molar-refractivity contribution in [1.29, 1.82) is 0 Å². The van der Waals surface area contributed by atoms with Gasteiger partial charge in [0.2, 0.25) is 0 Å². The lowest BCUT2D eigenvalue weighted by atomic mass is 9.97. The lowest BCUT2D eigenvalue weighted by Gasteiger charge is -2.24. The Balaban J connectivity index is 2.26. The van der Waals surface area contributed by atoms with Crippen LogP contribution in [-0.2, 0) is 4.74 Å². The molecule has 0 saturated heterocycles. The van der Waals surface area contributed by atoms with Crippen molar-refractivity contribution in [1.82, 2.24) is 4.98 Å². The van der Waals surface area contributed by atoms with Gasteiger partial charge in [0, 0.05) is 12.8 Å². The third-order valence-electron chi connectivity index (χ3n) is 3.23. The summed E-state index contributed by atoms with van der Waals surface area (Å²) < 4.78 is 11.3. The summed E-state index contributed by atoms with van der Waals surface area (Å²) in [6.07, 6.45) is 3.26. The van der Waals surface area contributed by atoms with Crippen LogP contribution in [0.1, 0.15) is 37.1 Å². The fourth-order valence-electron chi connectivity index (χ4n) is 2.27. The summed E-state index contributed by atoms with van der Waals surface area (Å²) >= 11 is 0. The van der Waals surface area contributed by atoms with E-state index < -0.39 is 0 Å². The quantitative estimate of drug-likeness (QED) is 0.848. The molecule has 0 spiro atoms. The van der Waals surface area contributed by atoms with Gasteiger partial charge in [0.05, 0.1) is 18.8 Å². The van der Waals surface area contributed by atoms with Crippen LogP contribution in [0.15, 0.2) is 48.8 Å². The summed E-state index contributed by atoms with van der Waals surface area (Å²) in [5, 5.41) is 0. The van der Waals surface area contributed by atoms with Gasteiger partial charge in [-0.25, -0.2) is 0 Å². The second kappa shape index (κ2) is 7.76. The van der Waals surface area contributed by atoms with Gasteiger partial charge in [0.15, 0.2) is 0 Å². The summed E-state index contributed by atoms with van der Waals surface area (Å²) in [4.78, 5) is 4.20. The number of rotatable bonds is 7. The van der Waals surface area contributed by atoms with Crippen LogP contribution in [-0.4, -0.2) is 18.2 Å². The van der Waals surface area contributed by atoms with Crippen molar-refractivity contribution in [3.63, 3.8) is 0 Å². The zero-order chi connectivity index (χ0) is 15.1. The zero-order valence-electron chi connectivity index (χ0n) is 12.5. The van der Waals surface area contributed by atoms with Gasteiger partial charge in [0.25, 0.3) is 0 Å². The van der Waals surface area contributed by atoms with E-state index in [4.69, 9.17) is 15.2 Å². The minimum atomic E-state index is -0.291. The average Bonchev–Trinajstić information content (AvgIpc) is 2.53. The van der Waals surface area contributed by atoms with Crippen LogP contribution < -0.4 is 10.5 Å². The van der Waals surface area contributed by atoms with Crippen molar-refractivity contribution in [3.05, 3.63) is 59.9 Å². The Kier molecular flexibility index (Phi) is 5.72. The normalized spacial score (nSPS) is 13.7. The van der Waals surface area contributed by atoms with Crippen LogP contribution >= 0.6 is 0 Å². The maximum atomic E-state index is 6.40. The van der Waals surface area contributed by atoms with Gasteiger partial charge in [-0.15, -0.1) is 0 Å². The number of pyridine rings is 1. The van der Waals surface area contributed by atoms with Crippen molar-refractivity contribution in [3.8, 4) is 5.75 Å². The monoisotopic (exact) mass is 286 g/mol. The summed E-state index contributed by atoms with van der Waals surface area (Å²) in [5.74, 6) is 0.730. The molecular weight excluding hydrogens is 264 g/mol. The number of aromatic nitrogens is 1. The average molecular weight is 286 g/mol. The molecule has 0 aliphatic carbocycles. The molecule has 0 aliphatic rings. The Bertz CT molecular complexity index is 545. The predicted molar refractivity (Wildman–Crippen MR) is 83.1 cm³/mol. The Morgan fingerprint density at radius 1 is 1.05 bits per heavy atom. The molecule has 2 aromatic rings. The lowest BCUT2D eigenvalue weighted by Crippen LogP contribution is -2.22. The summed E-state index contributed by atoms with van der Waals surface area (Å²) in [7, 11) is 0. The van der Waals surface area contributed by atoms with Crippen LogP contribution in [0.5, 0.6) is 5.75 Å². The highest BCUT2D eigenvalue weighted by Gasteiger charge is 2.22. The van der Waals surface area contributed by atoms with E-state index in [0.717, 1.165) is 16.9 Å². The molecule has 2 atom stereocenters. The van der Waals surface area contributed by atoms with Gasteiger partial charge in [-0.1, -0.05) is 30.3 Å². The van der Waals surface area contributed by atoms with Gasteiger partial charge in [0.1, 0.15) is 11.9 Å². The van der Waals surface area contributed by atoms with E-state index >= 15 is 0 Å². The highest BCUT2D eigenvalue weighted by molar-refractivity contribution is 5.29. The molecule has 0 fully saturated rings.